The second kappa shape index (κ2) is 7.77. The number of nitroso groups, excluding NO2 is 1. The topological polar surface area (TPSA) is 66.8 Å². The first-order valence-corrected chi connectivity index (χ1v) is 8.80. The minimum Gasteiger partial charge on any atom is -0.274 e. The van der Waals surface area contributed by atoms with E-state index in [2.05, 4.69) is 11.8 Å². The minimum absolute atomic E-state index is 0.0928. The second-order valence-electron chi connectivity index (χ2n) is 7.80. The van der Waals surface area contributed by atoms with Gasteiger partial charge in [0.1, 0.15) is 0 Å². The van der Waals surface area contributed by atoms with Crippen molar-refractivity contribution >= 4 is 17.4 Å². The van der Waals surface area contributed by atoms with E-state index in [1.54, 1.807) is 18.2 Å². The van der Waals surface area contributed by atoms with Crippen molar-refractivity contribution in [3.8, 4) is 0 Å². The highest BCUT2D eigenvalue weighted by Gasteiger charge is 2.38. The van der Waals surface area contributed by atoms with E-state index in [0.717, 1.165) is 5.56 Å². The highest BCUT2D eigenvalue weighted by molar-refractivity contribution is 6.31. The van der Waals surface area contributed by atoms with Gasteiger partial charge in [-0.3, -0.25) is 14.5 Å². The predicted molar refractivity (Wildman–Crippen MR) is 104 cm³/mol. The third-order valence-electron chi connectivity index (χ3n) is 4.65. The predicted octanol–water partition coefficient (Wildman–Crippen LogP) is 4.37. The summed E-state index contributed by atoms with van der Waals surface area (Å²) in [6.45, 7) is 12.1. The number of imide groups is 1. The first-order valence-electron chi connectivity index (χ1n) is 8.80. The van der Waals surface area contributed by atoms with Crippen LogP contribution in [0, 0.1) is 23.2 Å². The summed E-state index contributed by atoms with van der Waals surface area (Å²) in [4.78, 5) is 37.9. The van der Waals surface area contributed by atoms with Gasteiger partial charge in [-0.15, -0.1) is 0 Å². The highest BCUT2D eigenvalue weighted by atomic mass is 16.3. The van der Waals surface area contributed by atoms with Crippen LogP contribution in [-0.2, 0) is 4.79 Å². The summed E-state index contributed by atoms with van der Waals surface area (Å²) in [5.41, 5.74) is 2.29. The van der Waals surface area contributed by atoms with Crippen molar-refractivity contribution in [2.24, 2.45) is 16.5 Å². The van der Waals surface area contributed by atoms with E-state index in [1.807, 2.05) is 39.8 Å². The molecule has 0 saturated heterocycles. The number of allylic oxidation sites excluding steroid dienone is 2. The van der Waals surface area contributed by atoms with E-state index in [-0.39, 0.29) is 36.2 Å². The van der Waals surface area contributed by atoms with Crippen molar-refractivity contribution in [3.05, 3.63) is 58.5 Å². The van der Waals surface area contributed by atoms with Crippen LogP contribution in [0.25, 0.3) is 5.57 Å². The maximum Gasteiger partial charge on any atom is 0.261 e. The fourth-order valence-electron chi connectivity index (χ4n) is 3.74. The number of benzene rings is 1. The quantitative estimate of drug-likeness (QED) is 0.415. The third-order valence-corrected chi connectivity index (χ3v) is 4.65. The number of rotatable bonds is 7. The summed E-state index contributed by atoms with van der Waals surface area (Å²) < 4.78 is 0. The Hall–Kier alpha value is -2.56. The van der Waals surface area contributed by atoms with Crippen molar-refractivity contribution < 1.29 is 9.59 Å². The molecular weight excluding hydrogens is 328 g/mol. The molecule has 0 spiro atoms. The molecule has 26 heavy (non-hydrogen) atoms. The van der Waals surface area contributed by atoms with Crippen molar-refractivity contribution in [3.63, 3.8) is 0 Å². The van der Waals surface area contributed by atoms with Gasteiger partial charge in [-0.1, -0.05) is 50.7 Å². The number of hydrogen-bond donors (Lipinski definition) is 0. The molecular formula is C21H26N2O3. The number of aryl methyl sites for hydroxylation is 1. The van der Waals surface area contributed by atoms with Gasteiger partial charge in [0.2, 0.25) is 0 Å². The summed E-state index contributed by atoms with van der Waals surface area (Å²) in [7, 11) is 0. The van der Waals surface area contributed by atoms with Crippen LogP contribution in [0.1, 0.15) is 48.7 Å². The molecule has 1 aliphatic heterocycles. The molecule has 0 N–H and O–H groups in total. The monoisotopic (exact) mass is 354 g/mol. The molecule has 138 valence electrons. The lowest BCUT2D eigenvalue weighted by molar-refractivity contribution is -0.124. The van der Waals surface area contributed by atoms with Crippen LogP contribution in [0.2, 0.25) is 0 Å². The summed E-state index contributed by atoms with van der Waals surface area (Å²) in [5.74, 6) is -0.481. The fraction of sp³-hybridized carbons (Fsp3) is 0.429. The SMILES string of the molecule is C=C/C=C1/C(=O)N(CC(C)(C)CC(C)CN=O)C(=O)c2cccc(C)c21. The maximum absolute atomic E-state index is 13.1. The molecule has 0 fully saturated rings. The van der Waals surface area contributed by atoms with Crippen LogP contribution in [-0.4, -0.2) is 29.8 Å². The molecule has 2 amide bonds. The summed E-state index contributed by atoms with van der Waals surface area (Å²) in [6.07, 6.45) is 3.93. The zero-order valence-corrected chi connectivity index (χ0v) is 15.9. The number of fused-ring (bicyclic) bond motifs is 1. The molecule has 0 aliphatic carbocycles. The average Bonchev–Trinajstić information content (AvgIpc) is 2.55. The summed E-state index contributed by atoms with van der Waals surface area (Å²) >= 11 is 0. The zero-order chi connectivity index (χ0) is 19.5. The molecule has 5 heteroatoms. The molecule has 0 bridgehead atoms. The zero-order valence-electron chi connectivity index (χ0n) is 15.9. The van der Waals surface area contributed by atoms with E-state index in [1.165, 1.54) is 4.90 Å². The molecule has 1 unspecified atom stereocenters. The van der Waals surface area contributed by atoms with Crippen LogP contribution in [0.3, 0.4) is 0 Å². The van der Waals surface area contributed by atoms with Gasteiger partial charge >= 0.3 is 0 Å². The molecule has 1 atom stereocenters. The first-order chi connectivity index (χ1) is 12.2. The Balaban J connectivity index is 2.40. The minimum atomic E-state index is -0.323. The van der Waals surface area contributed by atoms with Gasteiger partial charge in [0.25, 0.3) is 11.8 Å². The molecule has 0 saturated carbocycles. The number of amides is 2. The van der Waals surface area contributed by atoms with Gasteiger partial charge in [-0.05, 0) is 42.4 Å². The van der Waals surface area contributed by atoms with Crippen molar-refractivity contribution in [1.29, 1.82) is 0 Å². The van der Waals surface area contributed by atoms with E-state index < -0.39 is 0 Å². The van der Waals surface area contributed by atoms with E-state index in [0.29, 0.717) is 23.1 Å². The van der Waals surface area contributed by atoms with Crippen molar-refractivity contribution in [2.75, 3.05) is 13.1 Å². The Morgan fingerprint density at radius 3 is 2.58 bits per heavy atom. The van der Waals surface area contributed by atoms with Crippen molar-refractivity contribution in [1.82, 2.24) is 4.90 Å². The van der Waals surface area contributed by atoms with Gasteiger partial charge in [0, 0.05) is 23.2 Å². The molecule has 2 rings (SSSR count). The Bertz CT molecular complexity index is 777. The first kappa shape index (κ1) is 19.8. The lowest BCUT2D eigenvalue weighted by Crippen LogP contribution is -2.46. The highest BCUT2D eigenvalue weighted by Crippen LogP contribution is 2.35. The maximum atomic E-state index is 13.1. The van der Waals surface area contributed by atoms with E-state index in [4.69, 9.17) is 0 Å². The van der Waals surface area contributed by atoms with Gasteiger partial charge in [-0.25, -0.2) is 0 Å². The van der Waals surface area contributed by atoms with Crippen LogP contribution < -0.4 is 0 Å². The average molecular weight is 354 g/mol. The lowest BCUT2D eigenvalue weighted by Gasteiger charge is -2.36. The number of carbonyl (C=O) groups excluding carboxylic acids is 2. The molecule has 0 aromatic heterocycles. The Morgan fingerprint density at radius 2 is 1.96 bits per heavy atom. The smallest absolute Gasteiger partial charge is 0.261 e. The van der Waals surface area contributed by atoms with Gasteiger partial charge in [0.15, 0.2) is 0 Å². The Kier molecular flexibility index (Phi) is 5.90. The van der Waals surface area contributed by atoms with Crippen LogP contribution in [0.15, 0.2) is 42.1 Å². The number of carbonyl (C=O) groups is 2. The molecule has 1 heterocycles. The number of nitrogens with zero attached hydrogens (tertiary/aromatic N) is 2. The Morgan fingerprint density at radius 1 is 1.27 bits per heavy atom. The molecule has 5 nitrogen and oxygen atoms in total. The van der Waals surface area contributed by atoms with Crippen LogP contribution in [0.4, 0.5) is 0 Å². The standard InChI is InChI=1S/C21H26N2O3/c1-6-8-16-18-15(3)9-7-10-17(18)20(25)23(19(16)24)13-21(4,5)11-14(2)12-22-26/h6-10,14H,1,11-13H2,2-5H3/b16-8+. The summed E-state index contributed by atoms with van der Waals surface area (Å²) in [6, 6.07) is 5.48. The summed E-state index contributed by atoms with van der Waals surface area (Å²) in [5, 5.41) is 2.95. The van der Waals surface area contributed by atoms with Gasteiger partial charge in [-0.2, -0.15) is 4.91 Å². The lowest BCUT2D eigenvalue weighted by atomic mass is 9.81. The Labute approximate surface area is 154 Å². The van der Waals surface area contributed by atoms with Gasteiger partial charge < -0.3 is 0 Å². The molecule has 1 aromatic rings. The molecule has 1 aromatic carbocycles. The van der Waals surface area contributed by atoms with E-state index >= 15 is 0 Å². The van der Waals surface area contributed by atoms with Crippen molar-refractivity contribution in [2.45, 2.75) is 34.1 Å². The number of hydrogen-bond acceptors (Lipinski definition) is 4. The third kappa shape index (κ3) is 3.98. The van der Waals surface area contributed by atoms with E-state index in [9.17, 15) is 14.5 Å². The normalized spacial score (nSPS) is 17.2. The van der Waals surface area contributed by atoms with Gasteiger partial charge in [0.05, 0.1) is 6.54 Å². The van der Waals surface area contributed by atoms with Crippen LogP contribution >= 0.6 is 0 Å². The molecule has 0 radical (unpaired) electrons. The largest absolute Gasteiger partial charge is 0.274 e. The second-order valence-corrected chi connectivity index (χ2v) is 7.80. The molecule has 1 aliphatic rings. The van der Waals surface area contributed by atoms with Crippen LogP contribution in [0.5, 0.6) is 0 Å². The fourth-order valence-corrected chi connectivity index (χ4v) is 3.74.